The molecule has 10 rings (SSSR count). The molecule has 0 unspecified atom stereocenters. The van der Waals surface area contributed by atoms with Crippen LogP contribution < -0.4 is 26.0 Å². The Morgan fingerprint density at radius 1 is 0.459 bits per heavy atom. The fraction of sp³-hybridized carbons (Fsp3) is 0.553. The van der Waals surface area contributed by atoms with Crippen molar-refractivity contribution in [3.63, 3.8) is 0 Å². The van der Waals surface area contributed by atoms with Gasteiger partial charge in [-0.3, -0.25) is 37.4 Å². The minimum absolute atomic E-state index is 0.0251. The first-order valence-corrected chi connectivity index (χ1v) is 43.9. The summed E-state index contributed by atoms with van der Waals surface area (Å²) in [6.45, 7) is 31.8. The number of pyridine rings is 2. The van der Waals surface area contributed by atoms with E-state index < -0.39 is 130 Å². The number of hydrogen-bond acceptors (Lipinski definition) is 21. The molecule has 4 fully saturated rings. The van der Waals surface area contributed by atoms with Crippen LogP contribution in [0.3, 0.4) is 0 Å². The number of halogens is 3. The average Bonchev–Trinajstić information content (AvgIpc) is 1.71. The van der Waals surface area contributed by atoms with Gasteiger partial charge in [-0.2, -0.15) is 0 Å². The third-order valence-electron chi connectivity index (χ3n) is 17.4. The van der Waals surface area contributed by atoms with Crippen LogP contribution in [0.4, 0.5) is 20.2 Å². The predicted molar refractivity (Wildman–Crippen MR) is 418 cm³/mol. The summed E-state index contributed by atoms with van der Waals surface area (Å²) in [5.41, 5.74) is 1.82. The van der Waals surface area contributed by atoms with E-state index >= 15 is 4.39 Å². The van der Waals surface area contributed by atoms with Gasteiger partial charge in [0.15, 0.2) is 10.8 Å². The van der Waals surface area contributed by atoms with Gasteiger partial charge in [0.25, 0.3) is 11.1 Å². The Morgan fingerprint density at radius 3 is 1.03 bits per heavy atom. The van der Waals surface area contributed by atoms with Crippen molar-refractivity contribution in [1.82, 2.24) is 19.4 Å². The molecule has 2 saturated heterocycles. The lowest BCUT2D eigenvalue weighted by atomic mass is 10.1. The zero-order valence-electron chi connectivity index (χ0n) is 64.8. The number of anilines is 2. The quantitative estimate of drug-likeness (QED) is 0.0261. The van der Waals surface area contributed by atoms with E-state index in [1.807, 2.05) is 14.4 Å². The number of hydrogen-bond donors (Lipinski definition) is 3. The van der Waals surface area contributed by atoms with E-state index in [2.05, 4.69) is 5.32 Å². The number of aromatic carboxylic acids is 2. The lowest BCUT2D eigenvalue weighted by Crippen LogP contribution is -2.49. The molecular formula is C76H105ClF2N6O20P4. The van der Waals surface area contributed by atoms with E-state index in [0.29, 0.717) is 78.2 Å². The highest BCUT2D eigenvalue weighted by atomic mass is 35.5. The zero-order chi connectivity index (χ0) is 80.5. The highest BCUT2D eigenvalue weighted by Crippen LogP contribution is 2.74. The highest BCUT2D eigenvalue weighted by molar-refractivity contribution is 7.73. The van der Waals surface area contributed by atoms with Crippen molar-refractivity contribution >= 4 is 98.3 Å². The number of nitrogens with one attached hydrogen (secondary N) is 1. The fourth-order valence-corrected chi connectivity index (χ4v) is 24.8. The molecule has 0 radical (unpaired) electrons. The highest BCUT2D eigenvalue weighted by Gasteiger charge is 2.55. The van der Waals surface area contributed by atoms with Gasteiger partial charge in [-0.25, -0.2) is 18.4 Å². The smallest absolute Gasteiger partial charge is 0.346 e. The first kappa shape index (κ1) is 88.3. The van der Waals surface area contributed by atoms with E-state index in [9.17, 15) is 61.6 Å². The molecule has 3 N–H and O–H groups in total. The molecule has 6 aromatic rings. The number of fused-ring (bicyclic) bond motifs is 2. The standard InChI is InChI=1S/C38H52FN3O10P2.C21H35ClO7P2.C17H18FN3O3/c1-23(2)49-53(47,50-24(3)4)35(54(48,51-25(5)6)52-26(7)8)19-27-9-11-28(12-10-27)37(44)41-17-15-40(16-18-41)34-21-33-30(20-32(34)39)36(43)31(38(45)46)22-42(33)29-13-14-29;1-14(2)26-30(24,27-15(3)4)20(31(25,28-16(5)6)29-17(7)8)13-18-9-11-19(12-10-18)21(22)23;18-13-7-11-14(8-15(13)20-5-3-19-4-6-20)21(10-1-2-10)9-12(16(11)22)17(23)24/h9-12,20-26,29,35H,13-19H2,1-8H3,(H,45,46);9-12,14-17,20H,13H2,1-8H3;7-10,19H,1-6H2,(H,23,24). The van der Waals surface area contributed by atoms with Gasteiger partial charge in [-0.15, -0.1) is 0 Å². The van der Waals surface area contributed by atoms with Gasteiger partial charge in [-0.1, -0.05) is 24.3 Å². The number of carboxylic acids is 2. The van der Waals surface area contributed by atoms with E-state index in [1.54, 1.807) is 181 Å². The van der Waals surface area contributed by atoms with Gasteiger partial charge >= 0.3 is 42.3 Å². The fourth-order valence-electron chi connectivity index (χ4n) is 12.8. The lowest BCUT2D eigenvalue weighted by molar-refractivity contribution is 0.0684. The van der Waals surface area contributed by atoms with E-state index in [-0.39, 0.29) is 58.4 Å². The summed E-state index contributed by atoms with van der Waals surface area (Å²) in [5.74, 6) is -3.97. The SMILES string of the molecule is CC(C)OP(=O)(OC(C)C)C(Cc1ccc(C(=O)Cl)cc1)P(=O)(OC(C)C)OC(C)C.CC(C)OP(=O)(OC(C)C)C(Cc1ccc(C(=O)N2CCN(c3cc4c(cc3F)c(=O)c(C(=O)O)cn4C3CC3)CC2)cc1)P(=O)(OC(C)C)OC(C)C.O=C(O)c1cn(C2CC2)c2cc(N3CCNCC3)c(F)cc2c1=O. The molecule has 4 aromatic carbocycles. The predicted octanol–water partition coefficient (Wildman–Crippen LogP) is 16.7. The second-order valence-electron chi connectivity index (χ2n) is 29.7. The second kappa shape index (κ2) is 37.6. The van der Waals surface area contributed by atoms with Crippen molar-refractivity contribution in [2.75, 3.05) is 62.2 Å². The van der Waals surface area contributed by atoms with Crippen LogP contribution in [-0.4, -0.2) is 159 Å². The first-order valence-electron chi connectivity index (χ1n) is 37.0. The van der Waals surface area contributed by atoms with Gasteiger partial charge in [0, 0.05) is 98.7 Å². The molecule has 4 heterocycles. The number of nitrogens with zero attached hydrogens (tertiary/aromatic N) is 5. The number of carboxylic acid groups (broad SMARTS) is 2. The third-order valence-corrected chi connectivity index (χ3v) is 30.4. The van der Waals surface area contributed by atoms with Crippen molar-refractivity contribution in [3.8, 4) is 0 Å². The number of carbonyl (C=O) groups excluding carboxylic acids is 2. The molecular weight excluding hydrogens is 1510 g/mol. The number of aromatic nitrogens is 2. The summed E-state index contributed by atoms with van der Waals surface area (Å²) in [4.78, 5) is 78.9. The topological polar surface area (TPSA) is 317 Å². The van der Waals surface area contributed by atoms with Crippen LogP contribution in [0, 0.1) is 11.6 Å². The van der Waals surface area contributed by atoms with Crippen molar-refractivity contribution < 1.29 is 92.6 Å². The summed E-state index contributed by atoms with van der Waals surface area (Å²) >= 11 is 5.53. The van der Waals surface area contributed by atoms with Crippen molar-refractivity contribution in [3.05, 3.63) is 151 Å². The van der Waals surface area contributed by atoms with Gasteiger partial charge < -0.3 is 75.6 Å². The van der Waals surface area contributed by atoms with Crippen LogP contribution in [0.15, 0.2) is 94.8 Å². The van der Waals surface area contributed by atoms with Crippen molar-refractivity contribution in [2.45, 2.75) is 221 Å². The molecule has 0 bridgehead atoms. The van der Waals surface area contributed by atoms with Crippen molar-refractivity contribution in [1.29, 1.82) is 0 Å². The summed E-state index contributed by atoms with van der Waals surface area (Å²) in [6, 6.07) is 19.0. The molecule has 4 aliphatic rings. The van der Waals surface area contributed by atoms with Gasteiger partial charge in [-0.05, 0) is 221 Å². The van der Waals surface area contributed by atoms with Gasteiger partial charge in [0.05, 0.1) is 71.2 Å². The third kappa shape index (κ3) is 23.0. The number of piperazine rings is 2. The molecule has 26 nitrogen and oxygen atoms in total. The molecule has 0 spiro atoms. The Balaban J connectivity index is 0.000000228. The maximum atomic E-state index is 15.5. The van der Waals surface area contributed by atoms with Crippen LogP contribution in [0.1, 0.15) is 201 Å². The Hall–Kier alpha value is -6.31. The minimum Gasteiger partial charge on any atom is -0.477 e. The molecule has 2 aliphatic carbocycles. The van der Waals surface area contributed by atoms with E-state index in [4.69, 9.17) is 47.8 Å². The first-order chi connectivity index (χ1) is 51.1. The summed E-state index contributed by atoms with van der Waals surface area (Å²) in [5, 5.41) is 19.1. The minimum atomic E-state index is -4.12. The lowest BCUT2D eigenvalue weighted by Gasteiger charge is -2.36. The van der Waals surface area contributed by atoms with Crippen molar-refractivity contribution in [2.24, 2.45) is 0 Å². The summed E-state index contributed by atoms with van der Waals surface area (Å²) < 4.78 is 138. The van der Waals surface area contributed by atoms with E-state index in [1.165, 1.54) is 18.5 Å². The number of benzene rings is 4. The van der Waals surface area contributed by atoms with Crippen LogP contribution >= 0.6 is 42.0 Å². The average molecular weight is 1620 g/mol. The summed E-state index contributed by atoms with van der Waals surface area (Å²) in [7, 11) is -16.2. The Bertz CT molecular complexity index is 4420. The number of amides is 1. The number of carbonyl (C=O) groups is 4. The zero-order valence-corrected chi connectivity index (χ0v) is 69.1. The molecule has 1 amide bonds. The molecule has 2 aromatic heterocycles. The summed E-state index contributed by atoms with van der Waals surface area (Å²) in [6.07, 6.45) is 2.46. The molecule has 33 heteroatoms. The maximum Gasteiger partial charge on any atom is 0.346 e. The Morgan fingerprint density at radius 2 is 0.752 bits per heavy atom. The molecule has 2 saturated carbocycles. The maximum absolute atomic E-state index is 15.5. The number of rotatable bonds is 32. The van der Waals surface area contributed by atoms with Gasteiger partial charge in [0.1, 0.15) is 22.8 Å². The Kier molecular flexibility index (Phi) is 30.4. The second-order valence-corrected chi connectivity index (χ2v) is 39.4. The van der Waals surface area contributed by atoms with E-state index in [0.717, 1.165) is 44.8 Å². The van der Waals surface area contributed by atoms with Crippen LogP contribution in [0.2, 0.25) is 0 Å². The monoisotopic (exact) mass is 1620 g/mol. The Labute approximate surface area is 640 Å². The van der Waals surface area contributed by atoms with Gasteiger partial charge in [0.2, 0.25) is 10.9 Å². The molecule has 0 atom stereocenters. The molecule has 600 valence electrons. The van der Waals surface area contributed by atoms with Crippen LogP contribution in [0.5, 0.6) is 0 Å². The van der Waals surface area contributed by atoms with Crippen LogP contribution in [0.25, 0.3) is 21.8 Å². The van der Waals surface area contributed by atoms with Crippen LogP contribution in [-0.2, 0) is 67.3 Å². The molecule has 109 heavy (non-hydrogen) atoms. The molecule has 2 aliphatic heterocycles. The normalized spacial score (nSPS) is 15.6. The largest absolute Gasteiger partial charge is 0.477 e.